The molecule has 0 radical (unpaired) electrons. The van der Waals surface area contributed by atoms with Crippen LogP contribution < -0.4 is 25.0 Å². The lowest BCUT2D eigenvalue weighted by Gasteiger charge is -2.22. The van der Waals surface area contributed by atoms with Crippen molar-refractivity contribution in [2.45, 2.75) is 59.6 Å². The fraction of sp³-hybridized carbons (Fsp3) is 0.444. The van der Waals surface area contributed by atoms with Gasteiger partial charge < -0.3 is 19.5 Å². The Kier molecular flexibility index (Phi) is 13.5. The molecule has 0 aromatic heterocycles. The minimum Gasteiger partial charge on any atom is -0.490 e. The monoisotopic (exact) mass is 677 g/mol. The van der Waals surface area contributed by atoms with Gasteiger partial charge in [0.2, 0.25) is 0 Å². The predicted molar refractivity (Wildman–Crippen MR) is 160 cm³/mol. The number of nitrogens with zero attached hydrogens (tertiary/aromatic N) is 1. The minimum atomic E-state index is -0.896. The van der Waals surface area contributed by atoms with Crippen LogP contribution in [0.25, 0.3) is 0 Å². The van der Waals surface area contributed by atoms with Crippen molar-refractivity contribution in [2.24, 2.45) is 11.0 Å². The fourth-order valence-corrected chi connectivity index (χ4v) is 4.56. The molecule has 0 saturated heterocycles. The smallest absolute Gasteiger partial charge is 0.262 e. The molecule has 0 bridgehead atoms. The maximum absolute atomic E-state index is 12.9. The van der Waals surface area contributed by atoms with Crippen LogP contribution in [0.3, 0.4) is 0 Å². The van der Waals surface area contributed by atoms with Gasteiger partial charge in [0.15, 0.2) is 17.6 Å². The molecule has 8 nitrogen and oxygen atoms in total. The average molecular weight is 678 g/mol. The fourth-order valence-electron chi connectivity index (χ4n) is 3.32. The molecule has 0 unspecified atom stereocenters. The Balaban J connectivity index is 2.08. The zero-order valence-corrected chi connectivity index (χ0v) is 25.8. The molecule has 0 fully saturated rings. The third kappa shape index (κ3) is 10.1. The second kappa shape index (κ2) is 16.0. The van der Waals surface area contributed by atoms with Crippen molar-refractivity contribution in [3.63, 3.8) is 0 Å². The number of rotatable bonds is 14. The number of hydrogen-bond donors (Lipinski definition) is 2. The number of hydrazone groups is 1. The molecule has 0 aliphatic carbocycles. The van der Waals surface area contributed by atoms with E-state index in [-0.39, 0.29) is 10.9 Å². The zero-order chi connectivity index (χ0) is 28.2. The maximum Gasteiger partial charge on any atom is 0.262 e. The summed E-state index contributed by atoms with van der Waals surface area (Å²) in [6.07, 6.45) is 1.92. The first kappa shape index (κ1) is 32.0. The largest absolute Gasteiger partial charge is 0.490 e. The third-order valence-corrected chi connectivity index (χ3v) is 6.41. The molecule has 2 rings (SSSR count). The predicted octanol–water partition coefficient (Wildman–Crippen LogP) is 6.23. The molecule has 0 spiro atoms. The standard InChI is InChI=1S/C27H34Cl2IN3O5/c1-6-10-37-25-21(30)12-18(13-24(25)36-7-2)15-31-33-27(35)22(11-16(3)4)32-26(34)17(5)38-23-9-8-19(28)14-20(23)29/h8-9,12-17,22H,6-7,10-11H2,1-5H3,(H,32,34)(H,33,35)/b31-15-/t17-,22+/m0/s1. The SMILES string of the molecule is CCCOc1c(I)cc(/C=N\NC(=O)[C@@H](CC(C)C)NC(=O)[C@H](C)Oc2ccc(Cl)cc2Cl)cc1OCC. The Labute approximate surface area is 247 Å². The van der Waals surface area contributed by atoms with Crippen molar-refractivity contribution in [3.8, 4) is 17.2 Å². The van der Waals surface area contributed by atoms with E-state index in [4.69, 9.17) is 37.4 Å². The second-order valence-electron chi connectivity index (χ2n) is 8.87. The van der Waals surface area contributed by atoms with E-state index >= 15 is 0 Å². The summed E-state index contributed by atoms with van der Waals surface area (Å²) in [5, 5.41) is 7.60. The normalized spacial score (nSPS) is 12.8. The van der Waals surface area contributed by atoms with Gasteiger partial charge in [-0.15, -0.1) is 0 Å². The lowest BCUT2D eigenvalue weighted by Crippen LogP contribution is -2.49. The molecule has 2 amide bonds. The molecule has 0 aliphatic heterocycles. The van der Waals surface area contributed by atoms with Crippen molar-refractivity contribution >= 4 is 63.8 Å². The zero-order valence-electron chi connectivity index (χ0n) is 22.1. The molecule has 0 saturated carbocycles. The number of ether oxygens (including phenoxy) is 3. The molecule has 2 atom stereocenters. The van der Waals surface area contributed by atoms with Crippen molar-refractivity contribution in [2.75, 3.05) is 13.2 Å². The van der Waals surface area contributed by atoms with Crippen LogP contribution in [0.5, 0.6) is 17.2 Å². The Bertz CT molecular complexity index is 1130. The van der Waals surface area contributed by atoms with Crippen LogP contribution in [-0.4, -0.2) is 43.4 Å². The van der Waals surface area contributed by atoms with Gasteiger partial charge in [-0.25, -0.2) is 5.43 Å². The minimum absolute atomic E-state index is 0.142. The van der Waals surface area contributed by atoms with Crippen molar-refractivity contribution < 1.29 is 23.8 Å². The van der Waals surface area contributed by atoms with E-state index in [9.17, 15) is 9.59 Å². The van der Waals surface area contributed by atoms with E-state index in [0.29, 0.717) is 41.9 Å². The first-order valence-corrected chi connectivity index (χ1v) is 14.2. The van der Waals surface area contributed by atoms with E-state index in [1.807, 2.05) is 33.8 Å². The van der Waals surface area contributed by atoms with Crippen molar-refractivity contribution in [3.05, 3.63) is 49.5 Å². The first-order valence-electron chi connectivity index (χ1n) is 12.4. The highest BCUT2D eigenvalue weighted by molar-refractivity contribution is 14.1. The summed E-state index contributed by atoms with van der Waals surface area (Å²) in [7, 11) is 0. The molecule has 2 aromatic rings. The summed E-state index contributed by atoms with van der Waals surface area (Å²) in [5.74, 6) is 0.858. The number of carbonyl (C=O) groups excluding carboxylic acids is 2. The van der Waals surface area contributed by atoms with E-state index in [2.05, 4.69) is 38.4 Å². The molecule has 208 valence electrons. The van der Waals surface area contributed by atoms with Gasteiger partial charge in [0.25, 0.3) is 11.8 Å². The number of amides is 2. The molecular formula is C27H34Cl2IN3O5. The van der Waals surface area contributed by atoms with Gasteiger partial charge in [0.1, 0.15) is 11.8 Å². The van der Waals surface area contributed by atoms with Crippen molar-refractivity contribution in [1.29, 1.82) is 0 Å². The second-order valence-corrected chi connectivity index (χ2v) is 10.9. The molecule has 2 N–H and O–H groups in total. The van der Waals surface area contributed by atoms with E-state index in [0.717, 1.165) is 15.6 Å². The van der Waals surface area contributed by atoms with Gasteiger partial charge >= 0.3 is 0 Å². The van der Waals surface area contributed by atoms with Crippen LogP contribution in [0, 0.1) is 9.49 Å². The van der Waals surface area contributed by atoms with Gasteiger partial charge in [-0.1, -0.05) is 44.0 Å². The third-order valence-electron chi connectivity index (χ3n) is 5.08. The first-order chi connectivity index (χ1) is 18.0. The number of halogens is 3. The van der Waals surface area contributed by atoms with Gasteiger partial charge in [-0.3, -0.25) is 9.59 Å². The molecule has 2 aromatic carbocycles. The summed E-state index contributed by atoms with van der Waals surface area (Å²) >= 11 is 14.2. The van der Waals surface area contributed by atoms with E-state index < -0.39 is 24.0 Å². The molecular weight excluding hydrogens is 644 g/mol. The van der Waals surface area contributed by atoms with Crippen LogP contribution >= 0.6 is 45.8 Å². The highest BCUT2D eigenvalue weighted by Crippen LogP contribution is 2.34. The van der Waals surface area contributed by atoms with Crippen LogP contribution in [0.2, 0.25) is 10.0 Å². The quantitative estimate of drug-likeness (QED) is 0.140. The van der Waals surface area contributed by atoms with Gasteiger partial charge in [0, 0.05) is 5.02 Å². The summed E-state index contributed by atoms with van der Waals surface area (Å²) < 4.78 is 18.1. The topological polar surface area (TPSA) is 98.2 Å². The van der Waals surface area contributed by atoms with Gasteiger partial charge in [0.05, 0.1) is 28.0 Å². The molecule has 0 aliphatic rings. The number of nitrogens with one attached hydrogen (secondary N) is 2. The van der Waals surface area contributed by atoms with E-state index in [1.165, 1.54) is 12.3 Å². The molecule has 38 heavy (non-hydrogen) atoms. The average Bonchev–Trinajstić information content (AvgIpc) is 2.84. The number of hydrogen-bond acceptors (Lipinski definition) is 6. The van der Waals surface area contributed by atoms with Gasteiger partial charge in [-0.05, 0) is 91.1 Å². The highest BCUT2D eigenvalue weighted by atomic mass is 127. The summed E-state index contributed by atoms with van der Waals surface area (Å²) in [6.45, 7) is 10.5. The van der Waals surface area contributed by atoms with Crippen LogP contribution in [0.1, 0.15) is 53.0 Å². The maximum atomic E-state index is 12.9. The Hall–Kier alpha value is -2.24. The Morgan fingerprint density at radius 3 is 2.42 bits per heavy atom. The summed E-state index contributed by atoms with van der Waals surface area (Å²) in [6, 6.07) is 7.61. The van der Waals surface area contributed by atoms with Crippen LogP contribution in [0.15, 0.2) is 35.4 Å². The van der Waals surface area contributed by atoms with E-state index in [1.54, 1.807) is 25.1 Å². The lowest BCUT2D eigenvalue weighted by atomic mass is 10.0. The highest BCUT2D eigenvalue weighted by Gasteiger charge is 2.25. The van der Waals surface area contributed by atoms with Gasteiger partial charge in [-0.2, -0.15) is 5.10 Å². The van der Waals surface area contributed by atoms with Crippen molar-refractivity contribution in [1.82, 2.24) is 10.7 Å². The van der Waals surface area contributed by atoms with Crippen LogP contribution in [0.4, 0.5) is 0 Å². The Morgan fingerprint density at radius 1 is 1.05 bits per heavy atom. The Morgan fingerprint density at radius 2 is 1.79 bits per heavy atom. The van der Waals surface area contributed by atoms with Crippen LogP contribution in [-0.2, 0) is 9.59 Å². The lowest BCUT2D eigenvalue weighted by molar-refractivity contribution is -0.132. The molecule has 11 heteroatoms. The number of carbonyl (C=O) groups is 2. The molecule has 0 heterocycles. The summed E-state index contributed by atoms with van der Waals surface area (Å²) in [5.41, 5.74) is 3.26. The summed E-state index contributed by atoms with van der Waals surface area (Å²) in [4.78, 5) is 25.7. The number of benzene rings is 2.